The molecule has 1 aromatic heterocycles. The minimum Gasteiger partial charge on any atom is -0.365 e. The third-order valence-corrected chi connectivity index (χ3v) is 3.97. The zero-order valence-corrected chi connectivity index (χ0v) is 14.6. The number of nitrogens with zero attached hydrogens (tertiary/aromatic N) is 2. The van der Waals surface area contributed by atoms with E-state index in [1.54, 1.807) is 24.3 Å². The van der Waals surface area contributed by atoms with Gasteiger partial charge in [-0.1, -0.05) is 47.5 Å². The lowest BCUT2D eigenvalue weighted by atomic mass is 10.2. The number of amides is 1. The molecule has 3 rings (SSSR count). The Hall–Kier alpha value is -2.63. The van der Waals surface area contributed by atoms with Crippen molar-refractivity contribution in [2.24, 2.45) is 0 Å². The van der Waals surface area contributed by atoms with Crippen LogP contribution >= 0.6 is 23.2 Å². The van der Waals surface area contributed by atoms with Crippen molar-refractivity contribution in [2.45, 2.75) is 6.54 Å². The second-order valence-electron chi connectivity index (χ2n) is 5.20. The number of rotatable bonds is 5. The molecule has 0 radical (unpaired) electrons. The number of hydrogen-bond acceptors (Lipinski definition) is 4. The summed E-state index contributed by atoms with van der Waals surface area (Å²) < 4.78 is 0. The Kier molecular flexibility index (Phi) is 5.48. The van der Waals surface area contributed by atoms with Crippen LogP contribution in [0.1, 0.15) is 16.1 Å². The van der Waals surface area contributed by atoms with Gasteiger partial charge in [-0.25, -0.2) is 9.97 Å². The Morgan fingerprint density at radius 3 is 2.40 bits per heavy atom. The van der Waals surface area contributed by atoms with E-state index in [9.17, 15) is 4.79 Å². The molecule has 0 aliphatic carbocycles. The van der Waals surface area contributed by atoms with Crippen molar-refractivity contribution in [3.05, 3.63) is 82.2 Å². The van der Waals surface area contributed by atoms with E-state index in [0.29, 0.717) is 28.1 Å². The summed E-state index contributed by atoms with van der Waals surface area (Å²) in [5, 5.41) is 6.99. The largest absolute Gasteiger partial charge is 0.365 e. The first-order valence-electron chi connectivity index (χ1n) is 7.48. The molecule has 126 valence electrons. The maximum atomic E-state index is 12.2. The summed E-state index contributed by atoms with van der Waals surface area (Å²) in [4.78, 5) is 20.5. The minimum absolute atomic E-state index is 0.206. The molecule has 0 saturated heterocycles. The molecule has 25 heavy (non-hydrogen) atoms. The highest BCUT2D eigenvalue weighted by Crippen LogP contribution is 2.21. The van der Waals surface area contributed by atoms with Crippen molar-refractivity contribution in [1.82, 2.24) is 9.97 Å². The average Bonchev–Trinajstić information content (AvgIpc) is 2.63. The molecule has 7 heteroatoms. The lowest BCUT2D eigenvalue weighted by molar-refractivity contribution is 0.102. The highest BCUT2D eigenvalue weighted by atomic mass is 35.5. The predicted octanol–water partition coefficient (Wildman–Crippen LogP) is 4.65. The normalized spacial score (nSPS) is 10.3. The Morgan fingerprint density at radius 2 is 1.72 bits per heavy atom. The Balaban J connectivity index is 1.60. The molecule has 0 aliphatic rings. The van der Waals surface area contributed by atoms with Gasteiger partial charge in [0.2, 0.25) is 0 Å². The minimum atomic E-state index is -0.371. The van der Waals surface area contributed by atoms with E-state index in [2.05, 4.69) is 20.6 Å². The first-order valence-corrected chi connectivity index (χ1v) is 8.23. The Bertz CT molecular complexity index is 867. The summed E-state index contributed by atoms with van der Waals surface area (Å²) in [6, 6.07) is 14.5. The molecule has 1 amide bonds. The summed E-state index contributed by atoms with van der Waals surface area (Å²) in [5.41, 5.74) is 1.80. The summed E-state index contributed by atoms with van der Waals surface area (Å²) in [7, 11) is 0. The number of carbonyl (C=O) groups excluding carboxylic acids is 1. The number of aromatic nitrogens is 2. The van der Waals surface area contributed by atoms with Gasteiger partial charge in [-0.3, -0.25) is 4.79 Å². The Morgan fingerprint density at radius 1 is 0.960 bits per heavy atom. The van der Waals surface area contributed by atoms with Gasteiger partial charge in [0.15, 0.2) is 0 Å². The number of para-hydroxylation sites is 1. The monoisotopic (exact) mass is 372 g/mol. The molecule has 0 saturated carbocycles. The van der Waals surface area contributed by atoms with Crippen LogP contribution in [0.3, 0.4) is 0 Å². The van der Waals surface area contributed by atoms with Crippen molar-refractivity contribution in [3.63, 3.8) is 0 Å². The van der Waals surface area contributed by atoms with E-state index in [0.717, 1.165) is 5.56 Å². The molecule has 0 spiro atoms. The fourth-order valence-electron chi connectivity index (χ4n) is 2.08. The van der Waals surface area contributed by atoms with Crippen LogP contribution in [0.15, 0.2) is 60.9 Å². The standard InChI is InChI=1S/C18H14Cl2N4O/c19-13-7-5-12(6-8-13)9-22-17-11-21-16(10-23-17)18(25)24-15-4-2-1-3-14(15)20/h1-8,10-11H,9H2,(H,22,23)(H,24,25). The molecule has 0 atom stereocenters. The van der Waals surface area contributed by atoms with E-state index < -0.39 is 0 Å². The third kappa shape index (κ3) is 4.68. The lowest BCUT2D eigenvalue weighted by Gasteiger charge is -2.08. The molecule has 1 heterocycles. The number of benzene rings is 2. The second-order valence-corrected chi connectivity index (χ2v) is 6.04. The van der Waals surface area contributed by atoms with Gasteiger partial charge >= 0.3 is 0 Å². The first kappa shape index (κ1) is 17.2. The van der Waals surface area contributed by atoms with Gasteiger partial charge < -0.3 is 10.6 Å². The van der Waals surface area contributed by atoms with E-state index in [-0.39, 0.29) is 11.6 Å². The van der Waals surface area contributed by atoms with Crippen molar-refractivity contribution in [1.29, 1.82) is 0 Å². The smallest absolute Gasteiger partial charge is 0.275 e. The molecule has 0 aliphatic heterocycles. The zero-order valence-electron chi connectivity index (χ0n) is 13.0. The van der Waals surface area contributed by atoms with Gasteiger partial charge in [-0.05, 0) is 29.8 Å². The van der Waals surface area contributed by atoms with Crippen LogP contribution in [0, 0.1) is 0 Å². The summed E-state index contributed by atoms with van der Waals surface area (Å²) >= 11 is 11.9. The first-order chi connectivity index (χ1) is 12.1. The van der Waals surface area contributed by atoms with Crippen molar-refractivity contribution in [2.75, 3.05) is 10.6 Å². The molecular weight excluding hydrogens is 359 g/mol. The van der Waals surface area contributed by atoms with E-state index in [4.69, 9.17) is 23.2 Å². The van der Waals surface area contributed by atoms with Crippen LogP contribution in [0.5, 0.6) is 0 Å². The van der Waals surface area contributed by atoms with Crippen molar-refractivity contribution in [3.8, 4) is 0 Å². The number of halogens is 2. The van der Waals surface area contributed by atoms with Gasteiger partial charge in [-0.15, -0.1) is 0 Å². The highest BCUT2D eigenvalue weighted by Gasteiger charge is 2.10. The molecule has 0 fully saturated rings. The zero-order chi connectivity index (χ0) is 17.6. The molecule has 3 aromatic rings. The van der Waals surface area contributed by atoms with Gasteiger partial charge in [0.1, 0.15) is 11.5 Å². The summed E-state index contributed by atoms with van der Waals surface area (Å²) in [6.45, 7) is 0.580. The molecule has 0 bridgehead atoms. The quantitative estimate of drug-likeness (QED) is 0.683. The van der Waals surface area contributed by atoms with Crippen molar-refractivity contribution < 1.29 is 4.79 Å². The maximum Gasteiger partial charge on any atom is 0.275 e. The van der Waals surface area contributed by atoms with E-state index in [1.807, 2.05) is 24.3 Å². The molecule has 2 aromatic carbocycles. The number of nitrogens with one attached hydrogen (secondary N) is 2. The van der Waals surface area contributed by atoms with Crippen LogP contribution in [0.4, 0.5) is 11.5 Å². The van der Waals surface area contributed by atoms with Crippen LogP contribution in [0.25, 0.3) is 0 Å². The molecular formula is C18H14Cl2N4O. The predicted molar refractivity (Wildman–Crippen MR) is 100 cm³/mol. The molecule has 5 nitrogen and oxygen atoms in total. The number of carbonyl (C=O) groups is 1. The average molecular weight is 373 g/mol. The van der Waals surface area contributed by atoms with E-state index >= 15 is 0 Å². The second kappa shape index (κ2) is 7.96. The van der Waals surface area contributed by atoms with Crippen LogP contribution < -0.4 is 10.6 Å². The topological polar surface area (TPSA) is 66.9 Å². The summed E-state index contributed by atoms with van der Waals surface area (Å²) in [5.74, 6) is 0.203. The SMILES string of the molecule is O=C(Nc1ccccc1Cl)c1cnc(NCc2ccc(Cl)cc2)cn1. The molecule has 0 unspecified atom stereocenters. The van der Waals surface area contributed by atoms with Gasteiger partial charge in [0.25, 0.3) is 5.91 Å². The number of anilines is 2. The van der Waals surface area contributed by atoms with Crippen LogP contribution in [-0.2, 0) is 6.54 Å². The van der Waals surface area contributed by atoms with Gasteiger partial charge in [0.05, 0.1) is 23.1 Å². The van der Waals surface area contributed by atoms with Crippen molar-refractivity contribution >= 4 is 40.6 Å². The van der Waals surface area contributed by atoms with Crippen LogP contribution in [0.2, 0.25) is 10.0 Å². The lowest BCUT2D eigenvalue weighted by Crippen LogP contribution is -2.14. The summed E-state index contributed by atoms with van der Waals surface area (Å²) in [6.07, 6.45) is 2.92. The Labute approximate surface area is 155 Å². The third-order valence-electron chi connectivity index (χ3n) is 3.39. The molecule has 2 N–H and O–H groups in total. The van der Waals surface area contributed by atoms with Crippen LogP contribution in [-0.4, -0.2) is 15.9 Å². The highest BCUT2D eigenvalue weighted by molar-refractivity contribution is 6.33. The van der Waals surface area contributed by atoms with E-state index in [1.165, 1.54) is 12.4 Å². The fourth-order valence-corrected chi connectivity index (χ4v) is 2.39. The van der Waals surface area contributed by atoms with Gasteiger partial charge in [-0.2, -0.15) is 0 Å². The maximum absolute atomic E-state index is 12.2. The fraction of sp³-hybridized carbons (Fsp3) is 0.0556. The van der Waals surface area contributed by atoms with Gasteiger partial charge in [0, 0.05) is 11.6 Å². The number of hydrogen-bond donors (Lipinski definition) is 2.